The number of nitrogens with one attached hydrogen (secondary N) is 1. The van der Waals surface area contributed by atoms with Crippen LogP contribution in [0.25, 0.3) is 11.8 Å². The highest BCUT2D eigenvalue weighted by Gasteiger charge is 2.36. The van der Waals surface area contributed by atoms with Crippen molar-refractivity contribution in [3.63, 3.8) is 0 Å². The summed E-state index contributed by atoms with van der Waals surface area (Å²) in [5.74, 6) is -0.271. The number of rotatable bonds is 5. The fraction of sp³-hybridized carbons (Fsp3) is 0.280. The fourth-order valence-corrected chi connectivity index (χ4v) is 4.13. The zero-order valence-electron chi connectivity index (χ0n) is 17.9. The van der Waals surface area contributed by atoms with Crippen molar-refractivity contribution in [2.75, 3.05) is 7.05 Å². The van der Waals surface area contributed by atoms with Crippen LogP contribution < -0.4 is 5.32 Å². The predicted molar refractivity (Wildman–Crippen MR) is 118 cm³/mol. The maximum Gasteiger partial charge on any atom is 0.407 e. The van der Waals surface area contributed by atoms with Gasteiger partial charge in [-0.2, -0.15) is 5.10 Å². The largest absolute Gasteiger partial charge is 0.441 e. The monoisotopic (exact) mass is 419 g/mol. The summed E-state index contributed by atoms with van der Waals surface area (Å²) in [5, 5.41) is 7.10. The van der Waals surface area contributed by atoms with Gasteiger partial charge in [0.05, 0.1) is 17.6 Å². The quantitative estimate of drug-likeness (QED) is 0.597. The number of aromatic nitrogens is 2. The van der Waals surface area contributed by atoms with Crippen molar-refractivity contribution in [2.24, 2.45) is 5.41 Å². The molecule has 1 N–H and O–H groups in total. The first-order chi connectivity index (χ1) is 14.9. The summed E-state index contributed by atoms with van der Waals surface area (Å²) in [5.41, 5.74) is 4.88. The van der Waals surface area contributed by atoms with Gasteiger partial charge in [0.15, 0.2) is 0 Å². The standard InChI is InChI=1S/C25H26FN3O2/c1-17-13-22-19(16-28-29(22)21-11-9-20(26)10-12-21)14-25(17,2)15-23(31-24(30)27-3)18-7-5-4-6-8-18/h4-13,16,23H,14-15H2,1-3H3,(H,27,30). The molecule has 1 aliphatic rings. The summed E-state index contributed by atoms with van der Waals surface area (Å²) in [6.45, 7) is 4.30. The normalized spacial score (nSPS) is 18.6. The molecule has 6 heteroatoms. The highest BCUT2D eigenvalue weighted by molar-refractivity contribution is 5.67. The van der Waals surface area contributed by atoms with Gasteiger partial charge >= 0.3 is 6.09 Å². The average Bonchev–Trinajstić information content (AvgIpc) is 3.16. The van der Waals surface area contributed by atoms with E-state index in [-0.39, 0.29) is 17.3 Å². The smallest absolute Gasteiger partial charge is 0.407 e. The Morgan fingerprint density at radius 1 is 1.23 bits per heavy atom. The lowest BCUT2D eigenvalue weighted by Crippen LogP contribution is -2.30. The first-order valence-corrected chi connectivity index (χ1v) is 10.3. The van der Waals surface area contributed by atoms with Gasteiger partial charge < -0.3 is 10.1 Å². The van der Waals surface area contributed by atoms with E-state index in [1.165, 1.54) is 17.7 Å². The van der Waals surface area contributed by atoms with E-state index in [1.807, 2.05) is 41.2 Å². The molecule has 31 heavy (non-hydrogen) atoms. The molecule has 1 amide bonds. The maximum absolute atomic E-state index is 13.3. The van der Waals surface area contributed by atoms with Crippen molar-refractivity contribution in [2.45, 2.75) is 32.8 Å². The lowest BCUT2D eigenvalue weighted by atomic mass is 9.70. The number of amides is 1. The zero-order chi connectivity index (χ0) is 22.0. The number of alkyl carbamates (subject to hydrolysis) is 1. The molecule has 0 aliphatic heterocycles. The Bertz CT molecular complexity index is 1110. The first-order valence-electron chi connectivity index (χ1n) is 10.3. The number of benzene rings is 2. The number of carbonyl (C=O) groups excluding carboxylic acids is 1. The molecule has 5 nitrogen and oxygen atoms in total. The number of ether oxygens (including phenoxy) is 1. The van der Waals surface area contributed by atoms with Crippen LogP contribution in [0.15, 0.2) is 66.4 Å². The minimum absolute atomic E-state index is 0.210. The van der Waals surface area contributed by atoms with Crippen LogP contribution in [0.4, 0.5) is 9.18 Å². The average molecular weight is 420 g/mol. The Hall–Kier alpha value is -3.41. The lowest BCUT2D eigenvalue weighted by molar-refractivity contribution is 0.0726. The summed E-state index contributed by atoms with van der Waals surface area (Å²) in [7, 11) is 1.56. The molecular weight excluding hydrogens is 393 g/mol. The number of carbonyl (C=O) groups is 1. The topological polar surface area (TPSA) is 56.1 Å². The molecule has 1 heterocycles. The van der Waals surface area contributed by atoms with Gasteiger partial charge in [-0.05, 0) is 66.6 Å². The molecule has 4 rings (SSSR count). The van der Waals surface area contributed by atoms with Gasteiger partial charge in [-0.15, -0.1) is 0 Å². The van der Waals surface area contributed by atoms with Gasteiger partial charge in [0.1, 0.15) is 11.9 Å². The molecular formula is C25H26FN3O2. The second-order valence-electron chi connectivity index (χ2n) is 8.27. The van der Waals surface area contributed by atoms with E-state index in [2.05, 4.69) is 30.3 Å². The number of halogens is 1. The fourth-order valence-electron chi connectivity index (χ4n) is 4.13. The van der Waals surface area contributed by atoms with E-state index < -0.39 is 6.09 Å². The summed E-state index contributed by atoms with van der Waals surface area (Å²) in [6, 6.07) is 16.1. The molecule has 2 aromatic carbocycles. The van der Waals surface area contributed by atoms with Crippen molar-refractivity contribution >= 4 is 12.2 Å². The first kappa shape index (κ1) is 20.8. The maximum atomic E-state index is 13.3. The van der Waals surface area contributed by atoms with Crippen molar-refractivity contribution < 1.29 is 13.9 Å². The third kappa shape index (κ3) is 4.24. The van der Waals surface area contributed by atoms with Crippen LogP contribution >= 0.6 is 0 Å². The van der Waals surface area contributed by atoms with Gasteiger partial charge in [0.25, 0.3) is 0 Å². The van der Waals surface area contributed by atoms with Gasteiger partial charge in [-0.1, -0.05) is 42.8 Å². The van der Waals surface area contributed by atoms with Crippen LogP contribution in [0.2, 0.25) is 0 Å². The van der Waals surface area contributed by atoms with Gasteiger partial charge in [0, 0.05) is 7.05 Å². The zero-order valence-corrected chi connectivity index (χ0v) is 17.9. The molecule has 0 bridgehead atoms. The summed E-state index contributed by atoms with van der Waals surface area (Å²) < 4.78 is 20.9. The molecule has 0 spiro atoms. The van der Waals surface area contributed by atoms with E-state index in [9.17, 15) is 9.18 Å². The minimum Gasteiger partial charge on any atom is -0.441 e. The number of hydrogen-bond acceptors (Lipinski definition) is 3. The SMILES string of the molecule is CNC(=O)OC(CC1(C)Cc2cnn(-c3ccc(F)cc3)c2C=C1C)c1ccccc1. The van der Waals surface area contributed by atoms with Gasteiger partial charge in [0.2, 0.25) is 0 Å². The van der Waals surface area contributed by atoms with E-state index in [4.69, 9.17) is 4.74 Å². The van der Waals surface area contributed by atoms with Gasteiger partial charge in [-0.25, -0.2) is 13.9 Å². The molecule has 2 unspecified atom stereocenters. The molecule has 0 saturated carbocycles. The van der Waals surface area contributed by atoms with E-state index in [0.29, 0.717) is 6.42 Å². The summed E-state index contributed by atoms with van der Waals surface area (Å²) in [4.78, 5) is 12.0. The van der Waals surface area contributed by atoms with Crippen molar-refractivity contribution in [3.8, 4) is 5.69 Å². The molecule has 1 aliphatic carbocycles. The van der Waals surface area contributed by atoms with E-state index in [1.54, 1.807) is 19.2 Å². The Kier molecular flexibility index (Phi) is 5.63. The lowest BCUT2D eigenvalue weighted by Gasteiger charge is -2.37. The number of nitrogens with zero attached hydrogens (tertiary/aromatic N) is 2. The highest BCUT2D eigenvalue weighted by atomic mass is 19.1. The van der Waals surface area contributed by atoms with Crippen LogP contribution in [0.1, 0.15) is 43.2 Å². The Labute approximate surface area is 181 Å². The second kappa shape index (κ2) is 8.38. The van der Waals surface area contributed by atoms with Crippen LogP contribution in [-0.4, -0.2) is 22.9 Å². The molecule has 2 atom stereocenters. The third-order valence-electron chi connectivity index (χ3n) is 6.10. The molecule has 0 fully saturated rings. The van der Waals surface area contributed by atoms with Crippen LogP contribution in [0, 0.1) is 11.2 Å². The van der Waals surface area contributed by atoms with E-state index in [0.717, 1.165) is 28.9 Å². The molecule has 160 valence electrons. The second-order valence-corrected chi connectivity index (χ2v) is 8.27. The van der Waals surface area contributed by atoms with Crippen LogP contribution in [0.5, 0.6) is 0 Å². The molecule has 3 aromatic rings. The molecule has 0 radical (unpaired) electrons. The van der Waals surface area contributed by atoms with Crippen molar-refractivity contribution in [3.05, 3.63) is 89.0 Å². The van der Waals surface area contributed by atoms with E-state index >= 15 is 0 Å². The Balaban J connectivity index is 1.64. The van der Waals surface area contributed by atoms with Crippen molar-refractivity contribution in [1.29, 1.82) is 0 Å². The predicted octanol–water partition coefficient (Wildman–Crippen LogP) is 5.46. The molecule has 0 saturated heterocycles. The van der Waals surface area contributed by atoms with Crippen molar-refractivity contribution in [1.82, 2.24) is 15.1 Å². The van der Waals surface area contributed by atoms with Gasteiger partial charge in [-0.3, -0.25) is 0 Å². The number of hydrogen-bond donors (Lipinski definition) is 1. The minimum atomic E-state index is -0.445. The Morgan fingerprint density at radius 2 is 1.94 bits per heavy atom. The molecule has 1 aromatic heterocycles. The number of fused-ring (bicyclic) bond motifs is 1. The number of allylic oxidation sites excluding steroid dienone is 1. The third-order valence-corrected chi connectivity index (χ3v) is 6.10. The van der Waals surface area contributed by atoms with Crippen LogP contribution in [-0.2, 0) is 11.2 Å². The summed E-state index contributed by atoms with van der Waals surface area (Å²) >= 11 is 0. The van der Waals surface area contributed by atoms with Crippen LogP contribution in [0.3, 0.4) is 0 Å². The summed E-state index contributed by atoms with van der Waals surface area (Å²) in [6.07, 6.45) is 4.61. The Morgan fingerprint density at radius 3 is 2.61 bits per heavy atom. The highest BCUT2D eigenvalue weighted by Crippen LogP contribution is 2.45.